The van der Waals surface area contributed by atoms with E-state index in [2.05, 4.69) is 20.4 Å². The highest BCUT2D eigenvalue weighted by atomic mass is 16.5. The number of aromatic nitrogens is 4. The third-order valence-electron chi connectivity index (χ3n) is 5.13. The molecule has 0 spiro atoms. The van der Waals surface area contributed by atoms with Gasteiger partial charge in [0.2, 0.25) is 0 Å². The molecule has 0 saturated heterocycles. The Morgan fingerprint density at radius 1 is 1.27 bits per heavy atom. The molecule has 3 aromatic heterocycles. The lowest BCUT2D eigenvalue weighted by molar-refractivity contribution is 0.0954. The van der Waals surface area contributed by atoms with Gasteiger partial charge in [-0.1, -0.05) is 5.16 Å². The Labute approximate surface area is 150 Å². The van der Waals surface area contributed by atoms with E-state index in [0.29, 0.717) is 29.7 Å². The molecule has 26 heavy (non-hydrogen) atoms. The zero-order valence-electron chi connectivity index (χ0n) is 14.5. The van der Waals surface area contributed by atoms with Crippen molar-refractivity contribution in [3.05, 3.63) is 41.7 Å². The minimum atomic E-state index is -0.0602. The van der Waals surface area contributed by atoms with E-state index in [9.17, 15) is 4.79 Å². The lowest BCUT2D eigenvalue weighted by atomic mass is 10.1. The first kappa shape index (κ1) is 15.5. The van der Waals surface area contributed by atoms with E-state index in [-0.39, 0.29) is 5.91 Å². The second-order valence-electron chi connectivity index (χ2n) is 7.30. The number of imidazole rings is 1. The molecule has 2 fully saturated rings. The zero-order chi connectivity index (χ0) is 17.5. The Hall–Kier alpha value is -2.70. The van der Waals surface area contributed by atoms with Crippen LogP contribution in [0, 0.1) is 0 Å². The topological polar surface area (TPSA) is 85.8 Å². The molecule has 0 aromatic carbocycles. The van der Waals surface area contributed by atoms with Gasteiger partial charge in [-0.25, -0.2) is 9.97 Å². The monoisotopic (exact) mass is 351 g/mol. The second kappa shape index (κ2) is 6.23. The largest absolute Gasteiger partial charge is 0.352 e. The van der Waals surface area contributed by atoms with Crippen LogP contribution >= 0.6 is 0 Å². The molecule has 134 valence electrons. The molecular formula is C19H21N5O2. The summed E-state index contributed by atoms with van der Waals surface area (Å²) in [5.74, 6) is 0.814. The summed E-state index contributed by atoms with van der Waals surface area (Å²) in [6.45, 7) is 1.45. The number of nitrogens with one attached hydrogen (secondary N) is 1. The van der Waals surface area contributed by atoms with Gasteiger partial charge in [0.25, 0.3) is 11.6 Å². The number of carbonyl (C=O) groups excluding carboxylic acids is 1. The first-order chi connectivity index (χ1) is 12.8. The number of hydrogen-bond acceptors (Lipinski definition) is 5. The Morgan fingerprint density at radius 3 is 2.85 bits per heavy atom. The minimum Gasteiger partial charge on any atom is -0.352 e. The highest BCUT2D eigenvalue weighted by molar-refractivity contribution is 6.06. The molecule has 2 aliphatic carbocycles. The second-order valence-corrected chi connectivity index (χ2v) is 7.30. The molecule has 1 amide bonds. The van der Waals surface area contributed by atoms with Crippen LogP contribution in [-0.2, 0) is 6.54 Å². The summed E-state index contributed by atoms with van der Waals surface area (Å²) in [6.07, 6.45) is 10.8. The number of hydrogen-bond donors (Lipinski definition) is 1. The predicted molar refractivity (Wildman–Crippen MR) is 94.9 cm³/mol. The highest BCUT2D eigenvalue weighted by Crippen LogP contribution is 2.45. The zero-order valence-corrected chi connectivity index (χ0v) is 14.5. The van der Waals surface area contributed by atoms with Crippen molar-refractivity contribution in [1.29, 1.82) is 0 Å². The van der Waals surface area contributed by atoms with Crippen LogP contribution in [0.3, 0.4) is 0 Å². The molecule has 7 heteroatoms. The molecule has 0 aliphatic heterocycles. The fourth-order valence-electron chi connectivity index (χ4n) is 3.37. The normalized spacial score (nSPS) is 16.9. The van der Waals surface area contributed by atoms with Gasteiger partial charge in [-0.05, 0) is 38.2 Å². The van der Waals surface area contributed by atoms with E-state index in [0.717, 1.165) is 55.4 Å². The van der Waals surface area contributed by atoms with E-state index < -0.39 is 0 Å². The van der Waals surface area contributed by atoms with E-state index in [4.69, 9.17) is 4.52 Å². The van der Waals surface area contributed by atoms with E-state index in [1.54, 1.807) is 12.5 Å². The molecule has 0 atom stereocenters. The van der Waals surface area contributed by atoms with Crippen LogP contribution in [0.4, 0.5) is 0 Å². The summed E-state index contributed by atoms with van der Waals surface area (Å²) in [7, 11) is 0. The Kier molecular flexibility index (Phi) is 3.72. The molecule has 1 N–H and O–H groups in total. The van der Waals surface area contributed by atoms with Gasteiger partial charge in [0.05, 0.1) is 23.0 Å². The Balaban J connectivity index is 1.37. The number of nitrogens with zero attached hydrogens (tertiary/aromatic N) is 4. The van der Waals surface area contributed by atoms with Crippen molar-refractivity contribution in [2.24, 2.45) is 0 Å². The van der Waals surface area contributed by atoms with Crippen LogP contribution in [0.25, 0.3) is 11.1 Å². The summed E-state index contributed by atoms with van der Waals surface area (Å²) in [5.41, 5.74) is 3.04. The van der Waals surface area contributed by atoms with Crippen molar-refractivity contribution in [3.63, 3.8) is 0 Å². The van der Waals surface area contributed by atoms with Gasteiger partial charge >= 0.3 is 0 Å². The van der Waals surface area contributed by atoms with Crippen molar-refractivity contribution in [2.75, 3.05) is 6.54 Å². The number of rotatable bonds is 7. The molecule has 3 heterocycles. The molecular weight excluding hydrogens is 330 g/mol. The Morgan fingerprint density at radius 2 is 2.12 bits per heavy atom. The average molecular weight is 351 g/mol. The number of amides is 1. The first-order valence-corrected chi connectivity index (χ1v) is 9.34. The van der Waals surface area contributed by atoms with Gasteiger partial charge in [0, 0.05) is 43.0 Å². The van der Waals surface area contributed by atoms with E-state index >= 15 is 0 Å². The van der Waals surface area contributed by atoms with Crippen molar-refractivity contribution < 1.29 is 9.32 Å². The van der Waals surface area contributed by atoms with Crippen LogP contribution in [0.1, 0.15) is 65.7 Å². The van der Waals surface area contributed by atoms with Crippen LogP contribution < -0.4 is 5.32 Å². The standard InChI is InChI=1S/C19H21N5O2/c25-18(21-6-1-8-24-9-7-20-11-24)14-10-15(12-2-3-12)22-19-16(14)17(23-26-19)13-4-5-13/h7,9-13H,1-6,8H2,(H,21,25). The summed E-state index contributed by atoms with van der Waals surface area (Å²) < 4.78 is 7.49. The van der Waals surface area contributed by atoms with Gasteiger partial charge in [0.1, 0.15) is 0 Å². The van der Waals surface area contributed by atoms with Gasteiger partial charge in [-0.15, -0.1) is 0 Å². The van der Waals surface area contributed by atoms with Crippen molar-refractivity contribution >= 4 is 17.0 Å². The number of carbonyl (C=O) groups is 1. The van der Waals surface area contributed by atoms with Crippen molar-refractivity contribution in [2.45, 2.75) is 50.5 Å². The smallest absolute Gasteiger partial charge is 0.259 e. The number of pyridine rings is 1. The van der Waals surface area contributed by atoms with Gasteiger partial charge in [-0.3, -0.25) is 4.79 Å². The fourth-order valence-corrected chi connectivity index (χ4v) is 3.37. The lowest BCUT2D eigenvalue weighted by Gasteiger charge is -2.08. The maximum absolute atomic E-state index is 12.9. The quantitative estimate of drug-likeness (QED) is 0.661. The lowest BCUT2D eigenvalue weighted by Crippen LogP contribution is -2.25. The first-order valence-electron chi connectivity index (χ1n) is 9.34. The molecule has 0 unspecified atom stereocenters. The van der Waals surface area contributed by atoms with E-state index in [1.807, 2.05) is 16.8 Å². The fraction of sp³-hybridized carbons (Fsp3) is 0.474. The Bertz CT molecular complexity index is 938. The molecule has 7 nitrogen and oxygen atoms in total. The molecule has 2 saturated carbocycles. The molecule has 3 aromatic rings. The van der Waals surface area contributed by atoms with Gasteiger partial charge in [-0.2, -0.15) is 0 Å². The van der Waals surface area contributed by atoms with Crippen LogP contribution in [0.5, 0.6) is 0 Å². The number of aryl methyl sites for hydroxylation is 1. The summed E-state index contributed by atoms with van der Waals surface area (Å²) in [4.78, 5) is 21.5. The third kappa shape index (κ3) is 2.98. The SMILES string of the molecule is O=C(NCCCn1ccnc1)c1cc(C2CC2)nc2onc(C3CC3)c12. The maximum Gasteiger partial charge on any atom is 0.259 e. The van der Waals surface area contributed by atoms with Crippen LogP contribution in [0.2, 0.25) is 0 Å². The summed E-state index contributed by atoms with van der Waals surface area (Å²) in [6, 6.07) is 1.95. The van der Waals surface area contributed by atoms with Gasteiger partial charge in [0.15, 0.2) is 0 Å². The van der Waals surface area contributed by atoms with Crippen molar-refractivity contribution in [1.82, 2.24) is 25.0 Å². The van der Waals surface area contributed by atoms with Crippen LogP contribution in [0.15, 0.2) is 29.3 Å². The molecule has 0 bridgehead atoms. The predicted octanol–water partition coefficient (Wildman–Crippen LogP) is 2.99. The molecule has 2 aliphatic rings. The van der Waals surface area contributed by atoms with Crippen molar-refractivity contribution in [3.8, 4) is 0 Å². The average Bonchev–Trinajstić information content (AvgIpc) is 3.59. The van der Waals surface area contributed by atoms with Crippen LogP contribution in [-0.4, -0.2) is 32.1 Å². The maximum atomic E-state index is 12.9. The summed E-state index contributed by atoms with van der Waals surface area (Å²) >= 11 is 0. The minimum absolute atomic E-state index is 0.0602. The van der Waals surface area contributed by atoms with Gasteiger partial charge < -0.3 is 14.4 Å². The highest BCUT2D eigenvalue weighted by Gasteiger charge is 2.34. The molecule has 0 radical (unpaired) electrons. The van der Waals surface area contributed by atoms with E-state index in [1.165, 1.54) is 0 Å². The summed E-state index contributed by atoms with van der Waals surface area (Å²) in [5, 5.41) is 8.08. The third-order valence-corrected chi connectivity index (χ3v) is 5.13. The number of fused-ring (bicyclic) bond motifs is 1. The molecule has 5 rings (SSSR count).